The van der Waals surface area contributed by atoms with Gasteiger partial charge in [0.2, 0.25) is 5.91 Å². The Morgan fingerprint density at radius 2 is 1.75 bits per heavy atom. The Morgan fingerprint density at radius 3 is 2.29 bits per heavy atom. The maximum Gasteiger partial charge on any atom is 0.408 e. The van der Waals surface area contributed by atoms with Crippen LogP contribution in [0, 0.1) is 11.8 Å². The largest absolute Gasteiger partial charge is 0.444 e. The van der Waals surface area contributed by atoms with Gasteiger partial charge in [-0.15, -0.1) is 0 Å². The van der Waals surface area contributed by atoms with E-state index in [1.54, 1.807) is 45.0 Å². The second-order valence-corrected chi connectivity index (χ2v) is 6.16. The lowest BCUT2D eigenvalue weighted by Crippen LogP contribution is -2.32. The molecule has 6 heteroatoms. The summed E-state index contributed by atoms with van der Waals surface area (Å²) in [5.74, 6) is 5.17. The Balaban J connectivity index is 2.46. The fourth-order valence-electron chi connectivity index (χ4n) is 1.64. The molecule has 0 saturated heterocycles. The van der Waals surface area contributed by atoms with Crippen LogP contribution in [0.4, 0.5) is 10.5 Å². The fourth-order valence-corrected chi connectivity index (χ4v) is 1.64. The quantitative estimate of drug-likeness (QED) is 0.656. The Kier molecular flexibility index (Phi) is 6.99. The summed E-state index contributed by atoms with van der Waals surface area (Å²) in [6, 6.07) is 6.88. The van der Waals surface area contributed by atoms with E-state index in [0.29, 0.717) is 5.69 Å². The van der Waals surface area contributed by atoms with Gasteiger partial charge in [0.1, 0.15) is 11.4 Å². The summed E-state index contributed by atoms with van der Waals surface area (Å²) in [4.78, 5) is 33.7. The molecule has 6 nitrogen and oxygen atoms in total. The van der Waals surface area contributed by atoms with Crippen LogP contribution in [0.5, 0.6) is 0 Å². The van der Waals surface area contributed by atoms with Crippen molar-refractivity contribution in [2.75, 3.05) is 11.9 Å². The highest BCUT2D eigenvalue weighted by Crippen LogP contribution is 2.09. The molecule has 0 atom stereocenters. The summed E-state index contributed by atoms with van der Waals surface area (Å²) in [6.07, 6.45) is -0.655. The maximum absolute atomic E-state index is 11.5. The van der Waals surface area contributed by atoms with Crippen molar-refractivity contribution in [1.82, 2.24) is 5.32 Å². The normalized spacial score (nSPS) is 10.2. The van der Waals surface area contributed by atoms with E-state index in [4.69, 9.17) is 4.74 Å². The standard InChI is InChI=1S/C18H22N2O4/c1-13(21)12-16(22)20-15-9-7-14(8-10-15)6-5-11-19-17(23)24-18(2,3)4/h7-10H,11-12H2,1-4H3,(H,19,23)(H,20,22). The summed E-state index contributed by atoms with van der Waals surface area (Å²) in [5.41, 5.74) is 0.796. The minimum atomic E-state index is -0.542. The van der Waals surface area contributed by atoms with E-state index in [1.165, 1.54) is 6.92 Å². The van der Waals surface area contributed by atoms with Crippen LogP contribution in [0.3, 0.4) is 0 Å². The molecular weight excluding hydrogens is 308 g/mol. The molecule has 0 aromatic heterocycles. The lowest BCUT2D eigenvalue weighted by Gasteiger charge is -2.18. The third kappa shape index (κ3) is 8.59. The Hall–Kier alpha value is -2.81. The number of alkyl carbamates (subject to hydrolysis) is 1. The van der Waals surface area contributed by atoms with Crippen molar-refractivity contribution < 1.29 is 19.1 Å². The molecule has 24 heavy (non-hydrogen) atoms. The first-order valence-corrected chi connectivity index (χ1v) is 7.51. The van der Waals surface area contributed by atoms with Crippen molar-refractivity contribution in [2.24, 2.45) is 0 Å². The molecule has 1 aromatic carbocycles. The van der Waals surface area contributed by atoms with Gasteiger partial charge in [0.25, 0.3) is 0 Å². The molecule has 0 fully saturated rings. The van der Waals surface area contributed by atoms with E-state index >= 15 is 0 Å². The fraction of sp³-hybridized carbons (Fsp3) is 0.389. The van der Waals surface area contributed by atoms with Gasteiger partial charge in [0, 0.05) is 11.3 Å². The minimum Gasteiger partial charge on any atom is -0.444 e. The number of rotatable bonds is 4. The molecular formula is C18H22N2O4. The highest BCUT2D eigenvalue weighted by molar-refractivity contribution is 6.03. The van der Waals surface area contributed by atoms with Crippen molar-refractivity contribution >= 4 is 23.5 Å². The number of anilines is 1. The molecule has 0 aliphatic carbocycles. The van der Waals surface area contributed by atoms with Gasteiger partial charge in [0.15, 0.2) is 0 Å². The van der Waals surface area contributed by atoms with E-state index in [1.807, 2.05) is 0 Å². The van der Waals surface area contributed by atoms with Gasteiger partial charge < -0.3 is 15.4 Å². The SMILES string of the molecule is CC(=O)CC(=O)Nc1ccc(C#CCNC(=O)OC(C)(C)C)cc1. The van der Waals surface area contributed by atoms with Crippen molar-refractivity contribution in [3.63, 3.8) is 0 Å². The first kappa shape index (κ1) is 19.2. The Labute approximate surface area is 142 Å². The zero-order chi connectivity index (χ0) is 18.2. The molecule has 0 saturated carbocycles. The smallest absolute Gasteiger partial charge is 0.408 e. The second-order valence-electron chi connectivity index (χ2n) is 6.16. The summed E-state index contributed by atoms with van der Waals surface area (Å²) < 4.78 is 5.09. The molecule has 0 heterocycles. The number of hydrogen-bond acceptors (Lipinski definition) is 4. The lowest BCUT2D eigenvalue weighted by atomic mass is 10.2. The molecule has 0 aliphatic heterocycles. The van der Waals surface area contributed by atoms with Crippen LogP contribution in [0.15, 0.2) is 24.3 Å². The van der Waals surface area contributed by atoms with E-state index in [-0.39, 0.29) is 24.7 Å². The van der Waals surface area contributed by atoms with Gasteiger partial charge in [-0.05, 0) is 52.0 Å². The number of hydrogen-bond donors (Lipinski definition) is 2. The number of amides is 2. The second kappa shape index (κ2) is 8.73. The molecule has 1 rings (SSSR count). The highest BCUT2D eigenvalue weighted by Gasteiger charge is 2.14. The lowest BCUT2D eigenvalue weighted by molar-refractivity contribution is -0.124. The average molecular weight is 330 g/mol. The van der Waals surface area contributed by atoms with Crippen molar-refractivity contribution in [1.29, 1.82) is 0 Å². The van der Waals surface area contributed by atoms with E-state index < -0.39 is 11.7 Å². The average Bonchev–Trinajstić information content (AvgIpc) is 2.42. The van der Waals surface area contributed by atoms with Gasteiger partial charge in [-0.3, -0.25) is 9.59 Å². The zero-order valence-corrected chi connectivity index (χ0v) is 14.4. The van der Waals surface area contributed by atoms with Gasteiger partial charge >= 0.3 is 6.09 Å². The number of Topliss-reactive ketones (excluding diaryl/α,β-unsaturated/α-hetero) is 1. The third-order valence-electron chi connectivity index (χ3n) is 2.53. The number of ketones is 1. The molecule has 1 aromatic rings. The summed E-state index contributed by atoms with van der Waals surface area (Å²) >= 11 is 0. The molecule has 0 radical (unpaired) electrons. The highest BCUT2D eigenvalue weighted by atomic mass is 16.6. The monoisotopic (exact) mass is 330 g/mol. The predicted octanol–water partition coefficient (Wildman–Crippen LogP) is 2.48. The van der Waals surface area contributed by atoms with Crippen molar-refractivity contribution in [3.05, 3.63) is 29.8 Å². The zero-order valence-electron chi connectivity index (χ0n) is 14.4. The van der Waals surface area contributed by atoms with Gasteiger partial charge in [-0.2, -0.15) is 0 Å². The number of nitrogens with one attached hydrogen (secondary N) is 2. The van der Waals surface area contributed by atoms with Gasteiger partial charge in [-0.25, -0.2) is 4.79 Å². The molecule has 128 valence electrons. The summed E-state index contributed by atoms with van der Waals surface area (Å²) in [7, 11) is 0. The number of ether oxygens (including phenoxy) is 1. The molecule has 0 unspecified atom stereocenters. The van der Waals surface area contributed by atoms with Gasteiger partial charge in [0.05, 0.1) is 13.0 Å². The van der Waals surface area contributed by atoms with Crippen LogP contribution in [-0.4, -0.2) is 29.9 Å². The summed E-state index contributed by atoms with van der Waals surface area (Å²) in [6.45, 7) is 6.90. The van der Waals surface area contributed by atoms with Crippen molar-refractivity contribution in [2.45, 2.75) is 39.7 Å². The van der Waals surface area contributed by atoms with Crippen LogP contribution in [0.2, 0.25) is 0 Å². The molecule has 2 N–H and O–H groups in total. The molecule has 0 bridgehead atoms. The Bertz CT molecular complexity index is 661. The van der Waals surface area contributed by atoms with Crippen LogP contribution >= 0.6 is 0 Å². The summed E-state index contributed by atoms with van der Waals surface area (Å²) in [5, 5.41) is 5.16. The first-order valence-electron chi connectivity index (χ1n) is 7.51. The van der Waals surface area contributed by atoms with Gasteiger partial charge in [-0.1, -0.05) is 11.8 Å². The molecule has 0 aliphatic rings. The maximum atomic E-state index is 11.5. The minimum absolute atomic E-state index is 0.141. The van der Waals surface area contributed by atoms with Crippen LogP contribution in [-0.2, 0) is 14.3 Å². The first-order chi connectivity index (χ1) is 11.2. The van der Waals surface area contributed by atoms with Crippen molar-refractivity contribution in [3.8, 4) is 11.8 Å². The third-order valence-corrected chi connectivity index (χ3v) is 2.53. The van der Waals surface area contributed by atoms with Crippen LogP contribution in [0.25, 0.3) is 0 Å². The number of benzene rings is 1. The number of carbonyl (C=O) groups excluding carboxylic acids is 3. The number of carbonyl (C=O) groups is 3. The molecule has 0 spiro atoms. The van der Waals surface area contributed by atoms with E-state index in [9.17, 15) is 14.4 Å². The predicted molar refractivity (Wildman–Crippen MR) is 91.5 cm³/mol. The van der Waals surface area contributed by atoms with Crippen LogP contribution < -0.4 is 10.6 Å². The van der Waals surface area contributed by atoms with E-state index in [2.05, 4.69) is 22.5 Å². The van der Waals surface area contributed by atoms with E-state index in [0.717, 1.165) is 5.56 Å². The topological polar surface area (TPSA) is 84.5 Å². The molecule has 2 amide bonds. The van der Waals surface area contributed by atoms with Crippen LogP contribution in [0.1, 0.15) is 39.7 Å². The Morgan fingerprint density at radius 1 is 1.12 bits per heavy atom.